The lowest BCUT2D eigenvalue weighted by molar-refractivity contribution is 0.0285. The lowest BCUT2D eigenvalue weighted by atomic mass is 10.4. The van der Waals surface area contributed by atoms with Gasteiger partial charge in [-0.3, -0.25) is 0 Å². The third-order valence-corrected chi connectivity index (χ3v) is 5.23. The molecule has 1 heterocycles. The minimum Gasteiger partial charge on any atom is -0.422 e. The lowest BCUT2D eigenvalue weighted by Gasteiger charge is -2.33. The standard InChI is InChI=1S/C7H16O2Si/c1-6(2)10(8-3)7-4-9-5-7/h6-7,10H,4-5H2,1-3H3. The van der Waals surface area contributed by atoms with Gasteiger partial charge >= 0.3 is 0 Å². The Kier molecular flexibility index (Phi) is 2.89. The molecular formula is C7H16O2Si. The fourth-order valence-electron chi connectivity index (χ4n) is 1.45. The Bertz CT molecular complexity index is 102. The highest BCUT2D eigenvalue weighted by Crippen LogP contribution is 2.27. The number of hydrogen-bond donors (Lipinski definition) is 0. The Morgan fingerprint density at radius 3 is 2.20 bits per heavy atom. The van der Waals surface area contributed by atoms with E-state index >= 15 is 0 Å². The predicted octanol–water partition coefficient (Wildman–Crippen LogP) is 1.17. The maximum atomic E-state index is 5.47. The van der Waals surface area contributed by atoms with Gasteiger partial charge < -0.3 is 9.16 Å². The van der Waals surface area contributed by atoms with Crippen molar-refractivity contribution in [3.63, 3.8) is 0 Å². The van der Waals surface area contributed by atoms with E-state index in [9.17, 15) is 0 Å². The van der Waals surface area contributed by atoms with Gasteiger partial charge in [-0.05, 0) is 5.54 Å². The lowest BCUT2D eigenvalue weighted by Crippen LogP contribution is -2.39. The van der Waals surface area contributed by atoms with Crippen LogP contribution in [0.15, 0.2) is 0 Å². The molecule has 0 saturated carbocycles. The second-order valence-corrected chi connectivity index (χ2v) is 6.92. The fraction of sp³-hybridized carbons (Fsp3) is 1.00. The summed E-state index contributed by atoms with van der Waals surface area (Å²) in [4.78, 5) is 0. The van der Waals surface area contributed by atoms with Crippen LogP contribution in [0.2, 0.25) is 11.1 Å². The minimum absolute atomic E-state index is 0.749. The molecule has 0 aromatic rings. The molecule has 1 aliphatic heterocycles. The highest BCUT2D eigenvalue weighted by atomic mass is 28.3. The van der Waals surface area contributed by atoms with Gasteiger partial charge in [-0.1, -0.05) is 13.8 Å². The van der Waals surface area contributed by atoms with Gasteiger partial charge in [-0.15, -0.1) is 0 Å². The summed E-state index contributed by atoms with van der Waals surface area (Å²) >= 11 is 0. The van der Waals surface area contributed by atoms with E-state index in [1.807, 2.05) is 7.11 Å². The van der Waals surface area contributed by atoms with Crippen LogP contribution in [0, 0.1) is 0 Å². The van der Waals surface area contributed by atoms with Crippen molar-refractivity contribution in [1.29, 1.82) is 0 Å². The van der Waals surface area contributed by atoms with Crippen molar-refractivity contribution < 1.29 is 9.16 Å². The molecule has 0 bridgehead atoms. The zero-order valence-corrected chi connectivity index (χ0v) is 8.12. The zero-order chi connectivity index (χ0) is 7.56. The van der Waals surface area contributed by atoms with Crippen LogP contribution >= 0.6 is 0 Å². The summed E-state index contributed by atoms with van der Waals surface area (Å²) in [6, 6.07) is 0. The van der Waals surface area contributed by atoms with Gasteiger partial charge in [-0.25, -0.2) is 0 Å². The van der Waals surface area contributed by atoms with Crippen LogP contribution < -0.4 is 0 Å². The predicted molar refractivity (Wildman–Crippen MR) is 43.8 cm³/mol. The molecule has 0 aliphatic carbocycles. The van der Waals surface area contributed by atoms with Crippen molar-refractivity contribution in [1.82, 2.24) is 0 Å². The summed E-state index contributed by atoms with van der Waals surface area (Å²) in [6.07, 6.45) is 0. The van der Waals surface area contributed by atoms with Crippen LogP contribution in [0.25, 0.3) is 0 Å². The van der Waals surface area contributed by atoms with Gasteiger partial charge in [0.15, 0.2) is 9.04 Å². The van der Waals surface area contributed by atoms with Gasteiger partial charge in [0, 0.05) is 12.7 Å². The molecule has 3 heteroatoms. The molecule has 0 spiro atoms. The first kappa shape index (κ1) is 8.24. The topological polar surface area (TPSA) is 18.5 Å². The molecule has 2 nitrogen and oxygen atoms in total. The monoisotopic (exact) mass is 160 g/mol. The molecular weight excluding hydrogens is 144 g/mol. The SMILES string of the molecule is CO[SiH](C(C)C)C1COC1. The van der Waals surface area contributed by atoms with Crippen molar-refractivity contribution in [2.45, 2.75) is 24.9 Å². The van der Waals surface area contributed by atoms with Crippen molar-refractivity contribution in [2.75, 3.05) is 20.3 Å². The van der Waals surface area contributed by atoms with Gasteiger partial charge in [0.05, 0.1) is 13.2 Å². The number of hydrogen-bond acceptors (Lipinski definition) is 2. The second-order valence-electron chi connectivity index (χ2n) is 3.24. The third-order valence-electron chi connectivity index (χ3n) is 2.06. The average molecular weight is 160 g/mol. The molecule has 60 valence electrons. The smallest absolute Gasteiger partial charge is 0.186 e. The van der Waals surface area contributed by atoms with Gasteiger partial charge in [0.25, 0.3) is 0 Å². The molecule has 1 unspecified atom stereocenters. The van der Waals surface area contributed by atoms with Gasteiger partial charge in [0.1, 0.15) is 0 Å². The van der Waals surface area contributed by atoms with E-state index in [0.717, 1.165) is 24.3 Å². The third kappa shape index (κ3) is 1.59. The zero-order valence-electron chi connectivity index (χ0n) is 6.96. The maximum Gasteiger partial charge on any atom is 0.186 e. The van der Waals surface area contributed by atoms with E-state index in [2.05, 4.69) is 13.8 Å². The molecule has 1 fully saturated rings. The molecule has 1 aliphatic rings. The second kappa shape index (κ2) is 3.51. The number of ether oxygens (including phenoxy) is 1. The maximum absolute atomic E-state index is 5.47. The fourth-order valence-corrected chi connectivity index (χ4v) is 4.12. The van der Waals surface area contributed by atoms with Crippen LogP contribution in [0.3, 0.4) is 0 Å². The van der Waals surface area contributed by atoms with E-state index < -0.39 is 9.04 Å². The first-order valence-corrected chi connectivity index (χ1v) is 5.66. The molecule has 0 N–H and O–H groups in total. The molecule has 1 rings (SSSR count). The molecule has 0 aromatic heterocycles. The highest BCUT2D eigenvalue weighted by Gasteiger charge is 2.32. The molecule has 0 amide bonds. The van der Waals surface area contributed by atoms with Crippen molar-refractivity contribution in [2.24, 2.45) is 0 Å². The van der Waals surface area contributed by atoms with Gasteiger partial charge in [0.2, 0.25) is 0 Å². The summed E-state index contributed by atoms with van der Waals surface area (Å²) in [5, 5.41) is 0. The summed E-state index contributed by atoms with van der Waals surface area (Å²) in [5.41, 5.74) is 1.53. The summed E-state index contributed by atoms with van der Waals surface area (Å²) < 4.78 is 10.6. The summed E-state index contributed by atoms with van der Waals surface area (Å²) in [7, 11) is 0.924. The largest absolute Gasteiger partial charge is 0.422 e. The Morgan fingerprint density at radius 2 is 2.10 bits per heavy atom. The number of rotatable bonds is 3. The van der Waals surface area contributed by atoms with Gasteiger partial charge in [-0.2, -0.15) is 0 Å². The van der Waals surface area contributed by atoms with Crippen molar-refractivity contribution >= 4 is 9.04 Å². The first-order valence-electron chi connectivity index (χ1n) is 3.86. The average Bonchev–Trinajstić information content (AvgIpc) is 1.76. The summed E-state index contributed by atoms with van der Waals surface area (Å²) in [6.45, 7) is 6.39. The normalized spacial score (nSPS) is 22.8. The Morgan fingerprint density at radius 1 is 1.50 bits per heavy atom. The first-order chi connectivity index (χ1) is 4.75. The van der Waals surface area contributed by atoms with Crippen LogP contribution in [0.1, 0.15) is 13.8 Å². The molecule has 10 heavy (non-hydrogen) atoms. The van der Waals surface area contributed by atoms with Crippen LogP contribution in [0.5, 0.6) is 0 Å². The van der Waals surface area contributed by atoms with Crippen molar-refractivity contribution in [3.8, 4) is 0 Å². The van der Waals surface area contributed by atoms with Crippen LogP contribution in [-0.2, 0) is 9.16 Å². The molecule has 1 saturated heterocycles. The quantitative estimate of drug-likeness (QED) is 0.577. The Hall–Kier alpha value is 0.137. The van der Waals surface area contributed by atoms with Crippen LogP contribution in [-0.4, -0.2) is 29.4 Å². The molecule has 0 radical (unpaired) electrons. The highest BCUT2D eigenvalue weighted by molar-refractivity contribution is 6.55. The van der Waals surface area contributed by atoms with Crippen LogP contribution in [0.4, 0.5) is 0 Å². The van der Waals surface area contributed by atoms with Crippen molar-refractivity contribution in [3.05, 3.63) is 0 Å². The van der Waals surface area contributed by atoms with E-state index in [1.165, 1.54) is 0 Å². The van der Waals surface area contributed by atoms with E-state index in [1.54, 1.807) is 0 Å². The van der Waals surface area contributed by atoms with E-state index in [-0.39, 0.29) is 0 Å². The minimum atomic E-state index is -0.919. The van der Waals surface area contributed by atoms with E-state index in [0.29, 0.717) is 0 Å². The van der Waals surface area contributed by atoms with E-state index in [4.69, 9.17) is 9.16 Å². The Labute approximate surface area is 64.3 Å². The summed E-state index contributed by atoms with van der Waals surface area (Å²) in [5.74, 6) is 0. The molecule has 1 atom stereocenters. The molecule has 0 aromatic carbocycles. The Balaban J connectivity index is 2.31.